The average molecular weight is 335 g/mol. The van der Waals surface area contributed by atoms with Gasteiger partial charge in [0.1, 0.15) is 0 Å². The van der Waals surface area contributed by atoms with Crippen LogP contribution in [0.4, 0.5) is 5.69 Å². The zero-order valence-electron chi connectivity index (χ0n) is 12.3. The normalized spacial score (nSPS) is 12.6. The van der Waals surface area contributed by atoms with Gasteiger partial charge in [0.05, 0.1) is 15.8 Å². The third-order valence-corrected chi connectivity index (χ3v) is 5.24. The van der Waals surface area contributed by atoms with Crippen LogP contribution in [0.3, 0.4) is 0 Å². The number of carbonyl (C=O) groups is 1. The molecule has 0 bridgehead atoms. The lowest BCUT2D eigenvalue weighted by molar-refractivity contribution is -0.115. The minimum Gasteiger partial charge on any atom is -0.324 e. The lowest BCUT2D eigenvalue weighted by Gasteiger charge is -2.14. The van der Waals surface area contributed by atoms with Gasteiger partial charge in [0, 0.05) is 11.2 Å². The van der Waals surface area contributed by atoms with E-state index in [1.165, 1.54) is 17.8 Å². The number of para-hydroxylation sites is 1. The van der Waals surface area contributed by atoms with Crippen LogP contribution in [0, 0.1) is 0 Å². The lowest BCUT2D eigenvalue weighted by Crippen LogP contribution is -2.23. The van der Waals surface area contributed by atoms with Crippen molar-refractivity contribution in [3.8, 4) is 0 Å². The molecule has 0 fully saturated rings. The van der Waals surface area contributed by atoms with Crippen molar-refractivity contribution in [1.29, 1.82) is 0 Å². The Morgan fingerprint density at radius 3 is 2.27 bits per heavy atom. The molecule has 0 spiro atoms. The molecule has 116 valence electrons. The molecule has 4 nitrogen and oxygen atoms in total. The van der Waals surface area contributed by atoms with Gasteiger partial charge in [-0.05, 0) is 31.2 Å². The molecule has 0 saturated heterocycles. The minimum absolute atomic E-state index is 0.125. The Hall–Kier alpha value is -1.79. The van der Waals surface area contributed by atoms with Crippen LogP contribution in [0.5, 0.6) is 0 Å². The monoisotopic (exact) mass is 335 g/mol. The lowest BCUT2D eigenvalue weighted by atomic mass is 10.3. The molecule has 0 heterocycles. The Balaban J connectivity index is 2.13. The first-order chi connectivity index (χ1) is 10.4. The average Bonchev–Trinajstić information content (AvgIpc) is 2.47. The van der Waals surface area contributed by atoms with E-state index in [9.17, 15) is 13.2 Å². The van der Waals surface area contributed by atoms with E-state index in [1.54, 1.807) is 25.1 Å². The molecule has 0 aliphatic heterocycles. The van der Waals surface area contributed by atoms with Gasteiger partial charge < -0.3 is 5.32 Å². The highest BCUT2D eigenvalue weighted by Gasteiger charge is 2.18. The fraction of sp³-hybridized carbons (Fsp3) is 0.188. The van der Waals surface area contributed by atoms with E-state index in [2.05, 4.69) is 5.32 Å². The highest BCUT2D eigenvalue weighted by molar-refractivity contribution is 8.00. The third kappa shape index (κ3) is 4.35. The Kier molecular flexibility index (Phi) is 5.26. The second kappa shape index (κ2) is 6.98. The molecule has 0 aromatic heterocycles. The van der Waals surface area contributed by atoms with E-state index in [0.29, 0.717) is 5.69 Å². The van der Waals surface area contributed by atoms with Crippen molar-refractivity contribution >= 4 is 33.2 Å². The van der Waals surface area contributed by atoms with Gasteiger partial charge in [-0.2, -0.15) is 0 Å². The van der Waals surface area contributed by atoms with Crippen LogP contribution in [0.25, 0.3) is 0 Å². The van der Waals surface area contributed by atoms with Crippen molar-refractivity contribution in [3.05, 3.63) is 54.6 Å². The number of hydrogen-bond donors (Lipinski definition) is 1. The van der Waals surface area contributed by atoms with Gasteiger partial charge in [0.15, 0.2) is 9.84 Å². The number of nitrogens with one attached hydrogen (secondary N) is 1. The second-order valence-electron chi connectivity index (χ2n) is 4.83. The van der Waals surface area contributed by atoms with E-state index in [-0.39, 0.29) is 16.1 Å². The van der Waals surface area contributed by atoms with E-state index in [0.717, 1.165) is 11.2 Å². The van der Waals surface area contributed by atoms with Crippen LogP contribution in [0.2, 0.25) is 0 Å². The third-order valence-electron chi connectivity index (χ3n) is 2.97. The summed E-state index contributed by atoms with van der Waals surface area (Å²) in [6.45, 7) is 1.79. The van der Waals surface area contributed by atoms with E-state index in [1.807, 2.05) is 30.3 Å². The zero-order chi connectivity index (χ0) is 16.2. The minimum atomic E-state index is -3.39. The molecule has 1 unspecified atom stereocenters. The highest BCUT2D eigenvalue weighted by Crippen LogP contribution is 2.25. The van der Waals surface area contributed by atoms with Gasteiger partial charge in [-0.3, -0.25) is 4.79 Å². The SMILES string of the molecule is CC(Sc1ccccc1)C(=O)Nc1ccccc1S(C)(=O)=O. The van der Waals surface area contributed by atoms with Crippen LogP contribution < -0.4 is 5.32 Å². The van der Waals surface area contributed by atoms with Crippen LogP contribution in [0.1, 0.15) is 6.92 Å². The van der Waals surface area contributed by atoms with Crippen LogP contribution in [0.15, 0.2) is 64.4 Å². The van der Waals surface area contributed by atoms with Crippen LogP contribution in [-0.4, -0.2) is 25.8 Å². The zero-order valence-corrected chi connectivity index (χ0v) is 13.9. The van der Waals surface area contributed by atoms with Gasteiger partial charge in [0.2, 0.25) is 5.91 Å². The molecule has 1 atom stereocenters. The second-order valence-corrected chi connectivity index (χ2v) is 8.23. The van der Waals surface area contributed by atoms with Gasteiger partial charge >= 0.3 is 0 Å². The summed E-state index contributed by atoms with van der Waals surface area (Å²) in [7, 11) is -3.39. The van der Waals surface area contributed by atoms with Crippen molar-refractivity contribution in [1.82, 2.24) is 0 Å². The molecule has 0 aliphatic carbocycles. The molecule has 0 aliphatic rings. The maximum atomic E-state index is 12.3. The van der Waals surface area contributed by atoms with Crippen molar-refractivity contribution in [3.63, 3.8) is 0 Å². The number of benzene rings is 2. The highest BCUT2D eigenvalue weighted by atomic mass is 32.2. The molecule has 2 aromatic carbocycles. The summed E-state index contributed by atoms with van der Waals surface area (Å²) in [4.78, 5) is 13.4. The molecule has 1 N–H and O–H groups in total. The first-order valence-electron chi connectivity index (χ1n) is 6.69. The van der Waals surface area contributed by atoms with Crippen molar-refractivity contribution in [2.45, 2.75) is 22.0 Å². The Bertz CT molecular complexity index is 758. The maximum Gasteiger partial charge on any atom is 0.237 e. The molecular weight excluding hydrogens is 318 g/mol. The summed E-state index contributed by atoms with van der Waals surface area (Å²) in [6.07, 6.45) is 1.13. The van der Waals surface area contributed by atoms with E-state index < -0.39 is 9.84 Å². The Morgan fingerprint density at radius 1 is 1.05 bits per heavy atom. The summed E-state index contributed by atoms with van der Waals surface area (Å²) < 4.78 is 23.5. The molecule has 2 rings (SSSR count). The number of thioether (sulfide) groups is 1. The molecule has 22 heavy (non-hydrogen) atoms. The molecule has 2 aromatic rings. The summed E-state index contributed by atoms with van der Waals surface area (Å²) in [5, 5.41) is 2.36. The number of amides is 1. The van der Waals surface area contributed by atoms with Crippen molar-refractivity contribution in [2.75, 3.05) is 11.6 Å². The molecule has 0 radical (unpaired) electrons. The van der Waals surface area contributed by atoms with E-state index >= 15 is 0 Å². The van der Waals surface area contributed by atoms with Crippen molar-refractivity contribution < 1.29 is 13.2 Å². The topological polar surface area (TPSA) is 63.2 Å². The predicted molar refractivity (Wildman–Crippen MR) is 89.9 cm³/mol. The van der Waals surface area contributed by atoms with Gasteiger partial charge in [-0.15, -0.1) is 11.8 Å². The molecule has 0 saturated carbocycles. The number of hydrogen-bond acceptors (Lipinski definition) is 4. The maximum absolute atomic E-state index is 12.3. The van der Waals surface area contributed by atoms with Gasteiger partial charge in [0.25, 0.3) is 0 Å². The van der Waals surface area contributed by atoms with Crippen LogP contribution in [-0.2, 0) is 14.6 Å². The molecule has 6 heteroatoms. The Morgan fingerprint density at radius 2 is 1.64 bits per heavy atom. The first-order valence-corrected chi connectivity index (χ1v) is 9.46. The first kappa shape index (κ1) is 16.6. The van der Waals surface area contributed by atoms with Crippen LogP contribution >= 0.6 is 11.8 Å². The van der Waals surface area contributed by atoms with E-state index in [4.69, 9.17) is 0 Å². The largest absolute Gasteiger partial charge is 0.324 e. The Labute approximate surface area is 134 Å². The quantitative estimate of drug-likeness (QED) is 0.852. The molecule has 1 amide bonds. The predicted octanol–water partition coefficient (Wildman–Crippen LogP) is 3.21. The summed E-state index contributed by atoms with van der Waals surface area (Å²) in [5.74, 6) is -0.232. The van der Waals surface area contributed by atoms with Gasteiger partial charge in [-0.1, -0.05) is 30.3 Å². The fourth-order valence-corrected chi connectivity index (χ4v) is 3.62. The summed E-state index contributed by atoms with van der Waals surface area (Å²) in [6, 6.07) is 16.0. The number of rotatable bonds is 5. The van der Waals surface area contributed by atoms with Crippen molar-refractivity contribution in [2.24, 2.45) is 0 Å². The van der Waals surface area contributed by atoms with Gasteiger partial charge in [-0.25, -0.2) is 8.42 Å². The summed E-state index contributed by atoms with van der Waals surface area (Å²) in [5.41, 5.74) is 0.315. The summed E-state index contributed by atoms with van der Waals surface area (Å²) >= 11 is 1.42. The number of sulfone groups is 1. The fourth-order valence-electron chi connectivity index (χ4n) is 1.88. The number of carbonyl (C=O) groups excluding carboxylic acids is 1. The standard InChI is InChI=1S/C16H17NO3S2/c1-12(21-13-8-4-3-5-9-13)16(18)17-14-10-6-7-11-15(14)22(2,19)20/h3-12H,1-2H3,(H,17,18). The smallest absolute Gasteiger partial charge is 0.237 e. The molecular formula is C16H17NO3S2. The number of anilines is 1.